The summed E-state index contributed by atoms with van der Waals surface area (Å²) in [7, 11) is 2.10. The Morgan fingerprint density at radius 3 is 2.70 bits per heavy atom. The molecule has 144 valence electrons. The summed E-state index contributed by atoms with van der Waals surface area (Å²) in [6.07, 6.45) is 4.43. The van der Waals surface area contributed by atoms with E-state index in [1.165, 1.54) is 12.3 Å². The number of halogens is 1. The van der Waals surface area contributed by atoms with Gasteiger partial charge in [0.25, 0.3) is 0 Å². The van der Waals surface area contributed by atoms with E-state index in [0.29, 0.717) is 23.8 Å². The van der Waals surface area contributed by atoms with E-state index in [-0.39, 0.29) is 17.0 Å². The molecule has 1 aromatic heterocycles. The first-order valence-electron chi connectivity index (χ1n) is 9.47. The molecular weight excluding hydrogens is 349 g/mol. The molecule has 2 atom stereocenters. The second-order valence-electron chi connectivity index (χ2n) is 7.63. The molecule has 2 saturated heterocycles. The molecule has 2 unspecified atom stereocenters. The summed E-state index contributed by atoms with van der Waals surface area (Å²) in [5, 5.41) is 9.41. The Bertz CT molecular complexity index is 971. The molecule has 2 fully saturated rings. The number of anilines is 1. The number of fused-ring (bicyclic) bond motifs is 3. The number of likely N-dealkylation sites (tertiary alicyclic amines) is 1. The number of benzene rings is 1. The summed E-state index contributed by atoms with van der Waals surface area (Å²) in [4.78, 5) is 28.4. The zero-order chi connectivity index (χ0) is 19.3. The van der Waals surface area contributed by atoms with Crippen LogP contribution in [-0.4, -0.2) is 52.8 Å². The largest absolute Gasteiger partial charge is 0.477 e. The lowest BCUT2D eigenvalue weighted by molar-refractivity contribution is 0.0695. The molecule has 2 aliphatic heterocycles. The van der Waals surface area contributed by atoms with Crippen LogP contribution < -0.4 is 10.3 Å². The topological polar surface area (TPSA) is 65.8 Å². The summed E-state index contributed by atoms with van der Waals surface area (Å²) in [5.74, 6) is -1.74. The third-order valence-corrected chi connectivity index (χ3v) is 5.98. The first-order valence-corrected chi connectivity index (χ1v) is 9.47. The van der Waals surface area contributed by atoms with Crippen LogP contribution in [0.15, 0.2) is 23.1 Å². The molecule has 7 heteroatoms. The summed E-state index contributed by atoms with van der Waals surface area (Å²) >= 11 is 0. The second kappa shape index (κ2) is 6.64. The monoisotopic (exact) mass is 373 g/mol. The minimum absolute atomic E-state index is 0.122. The Kier molecular flexibility index (Phi) is 4.42. The van der Waals surface area contributed by atoms with Crippen LogP contribution >= 0.6 is 0 Å². The van der Waals surface area contributed by atoms with E-state index in [2.05, 4.69) is 16.8 Å². The van der Waals surface area contributed by atoms with Crippen LogP contribution in [0.3, 0.4) is 0 Å². The van der Waals surface area contributed by atoms with E-state index in [0.717, 1.165) is 32.4 Å². The molecule has 27 heavy (non-hydrogen) atoms. The number of carboxylic acid groups (broad SMARTS) is 1. The van der Waals surface area contributed by atoms with Crippen molar-refractivity contribution < 1.29 is 14.3 Å². The molecule has 1 N–H and O–H groups in total. The number of pyridine rings is 1. The van der Waals surface area contributed by atoms with Crippen LogP contribution in [0.2, 0.25) is 0 Å². The molecule has 1 aromatic carbocycles. The van der Waals surface area contributed by atoms with Gasteiger partial charge in [-0.05, 0) is 51.9 Å². The van der Waals surface area contributed by atoms with E-state index < -0.39 is 17.2 Å². The summed E-state index contributed by atoms with van der Waals surface area (Å²) in [6.45, 7) is 4.27. The molecule has 0 aliphatic carbocycles. The van der Waals surface area contributed by atoms with Gasteiger partial charge in [0.2, 0.25) is 5.43 Å². The maximum absolute atomic E-state index is 15.1. The first kappa shape index (κ1) is 18.0. The van der Waals surface area contributed by atoms with Gasteiger partial charge in [-0.2, -0.15) is 0 Å². The van der Waals surface area contributed by atoms with Crippen molar-refractivity contribution >= 4 is 22.6 Å². The van der Waals surface area contributed by atoms with Crippen molar-refractivity contribution in [3.63, 3.8) is 0 Å². The van der Waals surface area contributed by atoms with Gasteiger partial charge in [-0.3, -0.25) is 4.79 Å². The number of aromatic nitrogens is 1. The quantitative estimate of drug-likeness (QED) is 0.896. The van der Waals surface area contributed by atoms with Crippen molar-refractivity contribution in [3.05, 3.63) is 39.9 Å². The third kappa shape index (κ3) is 2.90. The van der Waals surface area contributed by atoms with Crippen molar-refractivity contribution in [2.75, 3.05) is 25.0 Å². The van der Waals surface area contributed by atoms with Crippen LogP contribution in [0.25, 0.3) is 10.9 Å². The lowest BCUT2D eigenvalue weighted by Gasteiger charge is -2.31. The number of aromatic carboxylic acids is 1. The fourth-order valence-corrected chi connectivity index (χ4v) is 4.65. The van der Waals surface area contributed by atoms with Crippen LogP contribution in [0, 0.1) is 5.82 Å². The number of rotatable bonds is 3. The smallest absolute Gasteiger partial charge is 0.341 e. The minimum atomic E-state index is -1.29. The summed E-state index contributed by atoms with van der Waals surface area (Å²) in [5.41, 5.74) is 0.148. The highest BCUT2D eigenvalue weighted by Crippen LogP contribution is 2.37. The third-order valence-electron chi connectivity index (χ3n) is 5.98. The van der Waals surface area contributed by atoms with Crippen molar-refractivity contribution in [2.24, 2.45) is 0 Å². The maximum Gasteiger partial charge on any atom is 0.341 e. The Labute approximate surface area is 156 Å². The molecule has 2 bridgehead atoms. The van der Waals surface area contributed by atoms with E-state index in [1.54, 1.807) is 10.6 Å². The van der Waals surface area contributed by atoms with Gasteiger partial charge in [0.15, 0.2) is 0 Å². The fraction of sp³-hybridized carbons (Fsp3) is 0.500. The van der Waals surface area contributed by atoms with E-state index in [9.17, 15) is 14.7 Å². The number of carboxylic acids is 1. The number of likely N-dealkylation sites (N-methyl/N-ethyl adjacent to an activating group) is 1. The second-order valence-corrected chi connectivity index (χ2v) is 7.63. The molecule has 3 heterocycles. The van der Waals surface area contributed by atoms with Crippen LogP contribution in [0.1, 0.15) is 36.5 Å². The predicted octanol–water partition coefficient (Wildman–Crippen LogP) is 2.53. The molecular formula is C20H24FN3O3. The van der Waals surface area contributed by atoms with Crippen molar-refractivity contribution in [2.45, 2.75) is 44.8 Å². The number of hydrogen-bond donors (Lipinski definition) is 1. The Hall–Kier alpha value is -2.41. The highest BCUT2D eigenvalue weighted by atomic mass is 19.1. The average molecular weight is 373 g/mol. The van der Waals surface area contributed by atoms with Crippen LogP contribution in [0.5, 0.6) is 0 Å². The van der Waals surface area contributed by atoms with Gasteiger partial charge >= 0.3 is 5.97 Å². The summed E-state index contributed by atoms with van der Waals surface area (Å²) in [6, 6.07) is 3.51. The summed E-state index contributed by atoms with van der Waals surface area (Å²) < 4.78 is 16.8. The highest BCUT2D eigenvalue weighted by molar-refractivity contribution is 5.93. The van der Waals surface area contributed by atoms with Gasteiger partial charge in [0, 0.05) is 36.8 Å². The van der Waals surface area contributed by atoms with Gasteiger partial charge < -0.3 is 19.5 Å². The van der Waals surface area contributed by atoms with Gasteiger partial charge in [-0.25, -0.2) is 9.18 Å². The Balaban J connectivity index is 1.91. The molecule has 2 aliphatic rings. The molecule has 4 rings (SSSR count). The van der Waals surface area contributed by atoms with Crippen LogP contribution in [0.4, 0.5) is 10.1 Å². The van der Waals surface area contributed by atoms with E-state index in [4.69, 9.17) is 0 Å². The van der Waals surface area contributed by atoms with Crippen molar-refractivity contribution in [3.8, 4) is 0 Å². The predicted molar refractivity (Wildman–Crippen MR) is 102 cm³/mol. The molecule has 0 amide bonds. The molecule has 0 spiro atoms. The lowest BCUT2D eigenvalue weighted by Crippen LogP contribution is -2.39. The van der Waals surface area contributed by atoms with Gasteiger partial charge in [0.1, 0.15) is 11.4 Å². The lowest BCUT2D eigenvalue weighted by atomic mass is 10.1. The molecule has 2 aromatic rings. The number of nitrogens with zero attached hydrogens (tertiary/aromatic N) is 3. The van der Waals surface area contributed by atoms with Gasteiger partial charge in [-0.1, -0.05) is 0 Å². The molecule has 6 nitrogen and oxygen atoms in total. The molecule has 0 radical (unpaired) electrons. The van der Waals surface area contributed by atoms with E-state index >= 15 is 4.39 Å². The fourth-order valence-electron chi connectivity index (χ4n) is 4.65. The SMILES string of the molecule is CCn1cc(C(=O)O)c(=O)c2cc(F)c(N3C4CCC3CN(C)CC4)cc21. The van der Waals surface area contributed by atoms with Gasteiger partial charge in [0.05, 0.1) is 11.2 Å². The molecule has 0 saturated carbocycles. The maximum atomic E-state index is 15.1. The van der Waals surface area contributed by atoms with Crippen molar-refractivity contribution in [1.82, 2.24) is 9.47 Å². The number of hydrogen-bond acceptors (Lipinski definition) is 4. The average Bonchev–Trinajstić information content (AvgIpc) is 2.93. The minimum Gasteiger partial charge on any atom is -0.477 e. The zero-order valence-corrected chi connectivity index (χ0v) is 15.6. The number of carbonyl (C=O) groups is 1. The highest BCUT2D eigenvalue weighted by Gasteiger charge is 2.38. The van der Waals surface area contributed by atoms with Gasteiger partial charge in [-0.15, -0.1) is 0 Å². The zero-order valence-electron chi connectivity index (χ0n) is 15.6. The number of aryl methyl sites for hydroxylation is 1. The van der Waals surface area contributed by atoms with E-state index in [1.807, 2.05) is 6.92 Å². The first-order chi connectivity index (χ1) is 12.9. The standard InChI is InChI=1S/C20H24FN3O3/c1-3-23-11-15(20(26)27)19(25)14-8-16(21)18(9-17(14)23)24-12-4-5-13(24)10-22(2)7-6-12/h8-9,11-13H,3-7,10H2,1-2H3,(H,26,27). The normalized spacial score (nSPS) is 23.0. The van der Waals surface area contributed by atoms with Crippen molar-refractivity contribution in [1.29, 1.82) is 0 Å². The Morgan fingerprint density at radius 2 is 2.00 bits per heavy atom. The van der Waals surface area contributed by atoms with Crippen LogP contribution in [-0.2, 0) is 6.54 Å². The Morgan fingerprint density at radius 1 is 1.26 bits per heavy atom.